The van der Waals surface area contributed by atoms with Crippen molar-refractivity contribution in [2.75, 3.05) is 26.3 Å². The standard InChI is InChI=1S/C20H24N4O2/c1-2-5-18-22-17-14-21-16-7-4-3-6-15(16)20(17)24(18)9-8-19(25)23-10-12-26-13-11-23/h3-4,6-7,14H,2,5,8-13H2,1H3. The fourth-order valence-corrected chi connectivity index (χ4v) is 3.64. The molecule has 3 aromatic rings. The second kappa shape index (κ2) is 7.41. The van der Waals surface area contributed by atoms with Gasteiger partial charge in [0.2, 0.25) is 5.91 Å². The van der Waals surface area contributed by atoms with E-state index in [2.05, 4.69) is 22.5 Å². The Balaban J connectivity index is 1.68. The summed E-state index contributed by atoms with van der Waals surface area (Å²) in [4.78, 5) is 23.8. The molecule has 0 aliphatic carbocycles. The molecule has 1 aliphatic rings. The first-order chi connectivity index (χ1) is 12.8. The molecule has 136 valence electrons. The average molecular weight is 352 g/mol. The second-order valence-electron chi connectivity index (χ2n) is 6.68. The number of imidazole rings is 1. The number of hydrogen-bond donors (Lipinski definition) is 0. The van der Waals surface area contributed by atoms with Crippen LogP contribution in [0, 0.1) is 0 Å². The highest BCUT2D eigenvalue weighted by Gasteiger charge is 2.19. The number of rotatable bonds is 5. The molecule has 0 bridgehead atoms. The van der Waals surface area contributed by atoms with Crippen LogP contribution < -0.4 is 0 Å². The molecule has 1 fully saturated rings. The molecule has 0 N–H and O–H groups in total. The molecule has 0 spiro atoms. The van der Waals surface area contributed by atoms with Crippen LogP contribution >= 0.6 is 0 Å². The van der Waals surface area contributed by atoms with Crippen molar-refractivity contribution in [3.05, 3.63) is 36.3 Å². The van der Waals surface area contributed by atoms with E-state index in [1.54, 1.807) is 0 Å². The number of benzene rings is 1. The predicted molar refractivity (Wildman–Crippen MR) is 101 cm³/mol. The van der Waals surface area contributed by atoms with Crippen LogP contribution in [-0.4, -0.2) is 51.6 Å². The fraction of sp³-hybridized carbons (Fsp3) is 0.450. The molecule has 0 unspecified atom stereocenters. The molecular weight excluding hydrogens is 328 g/mol. The Bertz CT molecular complexity index is 928. The van der Waals surface area contributed by atoms with Crippen LogP contribution in [0.15, 0.2) is 30.5 Å². The third-order valence-corrected chi connectivity index (χ3v) is 4.95. The van der Waals surface area contributed by atoms with Crippen molar-refractivity contribution < 1.29 is 9.53 Å². The van der Waals surface area contributed by atoms with Crippen molar-refractivity contribution in [2.24, 2.45) is 0 Å². The van der Waals surface area contributed by atoms with Gasteiger partial charge >= 0.3 is 0 Å². The predicted octanol–water partition coefficient (Wildman–Crippen LogP) is 2.79. The first kappa shape index (κ1) is 17.0. The molecule has 1 amide bonds. The maximum absolute atomic E-state index is 12.6. The molecule has 4 rings (SSSR count). The Hall–Kier alpha value is -2.47. The third kappa shape index (κ3) is 3.17. The Morgan fingerprint density at radius 2 is 2.00 bits per heavy atom. The lowest BCUT2D eigenvalue weighted by Gasteiger charge is -2.27. The molecule has 0 atom stereocenters. The molecular formula is C20H24N4O2. The summed E-state index contributed by atoms with van der Waals surface area (Å²) in [5.74, 6) is 1.23. The average Bonchev–Trinajstić information content (AvgIpc) is 3.05. The molecule has 1 aliphatic heterocycles. The first-order valence-corrected chi connectivity index (χ1v) is 9.36. The summed E-state index contributed by atoms with van der Waals surface area (Å²) in [6.45, 7) is 5.46. The van der Waals surface area contributed by atoms with Gasteiger partial charge in [0.15, 0.2) is 0 Å². The number of hydrogen-bond acceptors (Lipinski definition) is 4. The maximum Gasteiger partial charge on any atom is 0.224 e. The van der Waals surface area contributed by atoms with Gasteiger partial charge < -0.3 is 14.2 Å². The zero-order valence-corrected chi connectivity index (χ0v) is 15.1. The fourth-order valence-electron chi connectivity index (χ4n) is 3.64. The number of nitrogens with zero attached hydrogens (tertiary/aromatic N) is 4. The summed E-state index contributed by atoms with van der Waals surface area (Å²) in [6.07, 6.45) is 4.25. The minimum absolute atomic E-state index is 0.191. The topological polar surface area (TPSA) is 60.2 Å². The Kier molecular flexibility index (Phi) is 4.84. The van der Waals surface area contributed by atoms with Gasteiger partial charge in [-0.3, -0.25) is 9.78 Å². The van der Waals surface area contributed by atoms with E-state index in [4.69, 9.17) is 9.72 Å². The van der Waals surface area contributed by atoms with Crippen LogP contribution in [0.2, 0.25) is 0 Å². The zero-order valence-electron chi connectivity index (χ0n) is 15.1. The number of ether oxygens (including phenoxy) is 1. The lowest BCUT2D eigenvalue weighted by atomic mass is 10.2. The van der Waals surface area contributed by atoms with Crippen molar-refractivity contribution in [3.8, 4) is 0 Å². The van der Waals surface area contributed by atoms with E-state index >= 15 is 0 Å². The molecule has 0 radical (unpaired) electrons. The summed E-state index contributed by atoms with van der Waals surface area (Å²) in [5, 5.41) is 1.10. The number of morpholine rings is 1. The number of aryl methyl sites for hydroxylation is 2. The third-order valence-electron chi connectivity index (χ3n) is 4.95. The van der Waals surface area contributed by atoms with Crippen LogP contribution in [0.4, 0.5) is 0 Å². The van der Waals surface area contributed by atoms with E-state index in [-0.39, 0.29) is 5.91 Å². The molecule has 6 nitrogen and oxygen atoms in total. The second-order valence-corrected chi connectivity index (χ2v) is 6.68. The highest BCUT2D eigenvalue weighted by Crippen LogP contribution is 2.25. The Morgan fingerprint density at radius 3 is 2.81 bits per heavy atom. The molecule has 3 heterocycles. The van der Waals surface area contributed by atoms with Crippen LogP contribution in [0.5, 0.6) is 0 Å². The van der Waals surface area contributed by atoms with Crippen molar-refractivity contribution >= 4 is 27.8 Å². The SMILES string of the molecule is CCCc1nc2cnc3ccccc3c2n1CCC(=O)N1CCOCC1. The van der Waals surface area contributed by atoms with Crippen molar-refractivity contribution in [2.45, 2.75) is 32.7 Å². The first-order valence-electron chi connectivity index (χ1n) is 9.36. The maximum atomic E-state index is 12.6. The van der Waals surface area contributed by atoms with Crippen molar-refractivity contribution in [3.63, 3.8) is 0 Å². The Labute approximate surface area is 152 Å². The van der Waals surface area contributed by atoms with Gasteiger partial charge in [-0.05, 0) is 12.5 Å². The van der Waals surface area contributed by atoms with E-state index in [0.717, 1.165) is 40.6 Å². The monoisotopic (exact) mass is 352 g/mol. The number of amides is 1. The van der Waals surface area contributed by atoms with Gasteiger partial charge in [0.1, 0.15) is 11.3 Å². The number of carbonyl (C=O) groups excluding carboxylic acids is 1. The van der Waals surface area contributed by atoms with Gasteiger partial charge in [-0.15, -0.1) is 0 Å². The van der Waals surface area contributed by atoms with E-state index in [1.807, 2.05) is 29.3 Å². The number of pyridine rings is 1. The van der Waals surface area contributed by atoms with Crippen molar-refractivity contribution in [1.29, 1.82) is 0 Å². The highest BCUT2D eigenvalue weighted by molar-refractivity contribution is 6.02. The number of carbonyl (C=O) groups is 1. The van der Waals surface area contributed by atoms with Crippen LogP contribution in [-0.2, 0) is 22.5 Å². The lowest BCUT2D eigenvalue weighted by Crippen LogP contribution is -2.41. The van der Waals surface area contributed by atoms with Gasteiger partial charge in [0, 0.05) is 37.9 Å². The van der Waals surface area contributed by atoms with E-state index in [0.29, 0.717) is 39.3 Å². The summed E-state index contributed by atoms with van der Waals surface area (Å²) in [5.41, 5.74) is 2.96. The highest BCUT2D eigenvalue weighted by atomic mass is 16.5. The van der Waals surface area contributed by atoms with Gasteiger partial charge in [0.25, 0.3) is 0 Å². The van der Waals surface area contributed by atoms with E-state index in [1.165, 1.54) is 0 Å². The van der Waals surface area contributed by atoms with Gasteiger partial charge in [-0.1, -0.05) is 25.1 Å². The molecule has 6 heteroatoms. The van der Waals surface area contributed by atoms with Crippen molar-refractivity contribution in [1.82, 2.24) is 19.4 Å². The number of aromatic nitrogens is 3. The van der Waals surface area contributed by atoms with E-state index in [9.17, 15) is 4.79 Å². The normalized spacial score (nSPS) is 15.0. The van der Waals surface area contributed by atoms with Crippen LogP contribution in [0.1, 0.15) is 25.6 Å². The quantitative estimate of drug-likeness (QED) is 0.708. The molecule has 2 aromatic heterocycles. The summed E-state index contributed by atoms with van der Waals surface area (Å²) in [6, 6.07) is 8.13. The van der Waals surface area contributed by atoms with Crippen LogP contribution in [0.25, 0.3) is 21.9 Å². The number of fused-ring (bicyclic) bond motifs is 3. The minimum Gasteiger partial charge on any atom is -0.378 e. The summed E-state index contributed by atoms with van der Waals surface area (Å²) < 4.78 is 7.56. The molecule has 26 heavy (non-hydrogen) atoms. The largest absolute Gasteiger partial charge is 0.378 e. The van der Waals surface area contributed by atoms with E-state index < -0.39 is 0 Å². The molecule has 0 saturated carbocycles. The van der Waals surface area contributed by atoms with Gasteiger partial charge in [-0.25, -0.2) is 4.98 Å². The smallest absolute Gasteiger partial charge is 0.224 e. The zero-order chi connectivity index (χ0) is 17.9. The Morgan fingerprint density at radius 1 is 1.19 bits per heavy atom. The molecule has 1 aromatic carbocycles. The summed E-state index contributed by atoms with van der Waals surface area (Å²) >= 11 is 0. The molecule has 1 saturated heterocycles. The number of para-hydroxylation sites is 1. The lowest BCUT2D eigenvalue weighted by molar-refractivity contribution is -0.135. The minimum atomic E-state index is 0.191. The summed E-state index contributed by atoms with van der Waals surface area (Å²) in [7, 11) is 0. The van der Waals surface area contributed by atoms with Crippen LogP contribution in [0.3, 0.4) is 0 Å². The van der Waals surface area contributed by atoms with Gasteiger partial charge in [0.05, 0.1) is 30.4 Å². The van der Waals surface area contributed by atoms with Gasteiger partial charge in [-0.2, -0.15) is 0 Å².